The molecule has 2 fully saturated rings. The highest BCUT2D eigenvalue weighted by Crippen LogP contribution is 2.39. The number of halogens is 4. The van der Waals surface area contributed by atoms with Crippen molar-refractivity contribution in [3.8, 4) is 5.75 Å². The topological polar surface area (TPSA) is 94.6 Å². The molecule has 2 aromatic carbocycles. The quantitative estimate of drug-likeness (QED) is 0.393. The molecule has 14 heteroatoms. The summed E-state index contributed by atoms with van der Waals surface area (Å²) in [6.07, 6.45) is -7.49. The number of carbonyl (C=O) groups excluding carboxylic acids is 1. The number of likely N-dealkylation sites (tertiary alicyclic amines) is 1. The van der Waals surface area contributed by atoms with Gasteiger partial charge in [-0.1, -0.05) is 18.2 Å². The van der Waals surface area contributed by atoms with Crippen molar-refractivity contribution in [1.29, 1.82) is 0 Å². The average molecular weight is 605 g/mol. The molecule has 0 aromatic heterocycles. The van der Waals surface area contributed by atoms with Gasteiger partial charge in [-0.05, 0) is 55.2 Å². The first-order chi connectivity index (χ1) is 19.3. The Bertz CT molecular complexity index is 1300. The van der Waals surface area contributed by atoms with Crippen LogP contribution in [0.25, 0.3) is 0 Å². The Morgan fingerprint density at radius 3 is 2.46 bits per heavy atom. The van der Waals surface area contributed by atoms with Gasteiger partial charge in [0, 0.05) is 20.1 Å². The molecule has 226 valence electrons. The molecule has 2 unspecified atom stereocenters. The number of nitrogens with zero attached hydrogens (tertiary/aromatic N) is 2. The Kier molecular flexibility index (Phi) is 9.46. The summed E-state index contributed by atoms with van der Waals surface area (Å²) in [5.74, 6) is -0.0759. The molecule has 2 aromatic rings. The number of ether oxygens (including phenoxy) is 4. The molecule has 41 heavy (non-hydrogen) atoms. The summed E-state index contributed by atoms with van der Waals surface area (Å²) in [6, 6.07) is 10.8. The van der Waals surface area contributed by atoms with Crippen LogP contribution in [-0.4, -0.2) is 88.1 Å². The fourth-order valence-electron chi connectivity index (χ4n) is 4.89. The van der Waals surface area contributed by atoms with E-state index in [2.05, 4.69) is 0 Å². The molecule has 0 aliphatic carbocycles. The second kappa shape index (κ2) is 12.5. The number of carbonyl (C=O) groups is 1. The molecule has 1 amide bonds. The number of sulfonamides is 1. The van der Waals surface area contributed by atoms with E-state index in [4.69, 9.17) is 18.9 Å². The van der Waals surface area contributed by atoms with E-state index in [1.807, 2.05) is 0 Å². The van der Waals surface area contributed by atoms with E-state index in [1.165, 1.54) is 31.2 Å². The summed E-state index contributed by atoms with van der Waals surface area (Å²) in [5.41, 5.74) is -0.110. The Morgan fingerprint density at radius 2 is 1.85 bits per heavy atom. The summed E-state index contributed by atoms with van der Waals surface area (Å²) < 4.78 is 102. The van der Waals surface area contributed by atoms with Crippen molar-refractivity contribution in [2.45, 2.75) is 54.7 Å². The first-order valence-corrected chi connectivity index (χ1v) is 14.4. The molecule has 0 bridgehead atoms. The standard InChI is InChI=1S/C27H32F4N2O7S/c1-32(41(35,36)23-5-3-4-20(28)14-23)21-15-26(39-17-21)10-12-33(13-11-26)25(34)40-24(27(29,30)31)18-38-16-19-6-8-22(37-2)9-7-19/h3-9,14,21,24H,10-13,15-18H2,1-2H3. The normalized spacial score (nSPS) is 19.9. The zero-order chi connectivity index (χ0) is 29.8. The monoisotopic (exact) mass is 604 g/mol. The minimum Gasteiger partial charge on any atom is -0.497 e. The highest BCUT2D eigenvalue weighted by molar-refractivity contribution is 7.89. The minimum atomic E-state index is -4.83. The van der Waals surface area contributed by atoms with Gasteiger partial charge in [0.1, 0.15) is 11.6 Å². The van der Waals surface area contributed by atoms with Gasteiger partial charge in [-0.25, -0.2) is 17.6 Å². The zero-order valence-electron chi connectivity index (χ0n) is 22.6. The SMILES string of the molecule is COc1ccc(COCC(OC(=O)N2CCC3(CC2)CC(N(C)S(=O)(=O)c2cccc(F)c2)CO3)C(F)(F)F)cc1. The van der Waals surface area contributed by atoms with Gasteiger partial charge < -0.3 is 23.8 Å². The largest absolute Gasteiger partial charge is 0.497 e. The van der Waals surface area contributed by atoms with Gasteiger partial charge in [0.2, 0.25) is 16.1 Å². The van der Waals surface area contributed by atoms with Crippen LogP contribution in [0.4, 0.5) is 22.4 Å². The molecular weight excluding hydrogens is 572 g/mol. The number of benzene rings is 2. The van der Waals surface area contributed by atoms with Crippen molar-refractivity contribution >= 4 is 16.1 Å². The van der Waals surface area contributed by atoms with Crippen LogP contribution in [0, 0.1) is 5.82 Å². The molecule has 2 saturated heterocycles. The third kappa shape index (κ3) is 7.48. The van der Waals surface area contributed by atoms with Crippen LogP contribution in [0.3, 0.4) is 0 Å². The summed E-state index contributed by atoms with van der Waals surface area (Å²) in [7, 11) is -1.08. The molecule has 2 atom stereocenters. The fourth-order valence-corrected chi connectivity index (χ4v) is 6.26. The lowest BCUT2D eigenvalue weighted by Gasteiger charge is -2.38. The van der Waals surface area contributed by atoms with Crippen molar-refractivity contribution in [2.24, 2.45) is 0 Å². The van der Waals surface area contributed by atoms with Gasteiger partial charge in [0.25, 0.3) is 0 Å². The summed E-state index contributed by atoms with van der Waals surface area (Å²) in [6.45, 7) is -0.734. The Morgan fingerprint density at radius 1 is 1.17 bits per heavy atom. The maximum atomic E-state index is 13.6. The fraction of sp³-hybridized carbons (Fsp3) is 0.519. The lowest BCUT2D eigenvalue weighted by atomic mass is 9.87. The van der Waals surface area contributed by atoms with Crippen LogP contribution < -0.4 is 4.74 Å². The predicted molar refractivity (Wildman–Crippen MR) is 138 cm³/mol. The molecule has 0 N–H and O–H groups in total. The zero-order valence-corrected chi connectivity index (χ0v) is 23.4. The van der Waals surface area contributed by atoms with Gasteiger partial charge in [-0.15, -0.1) is 0 Å². The summed E-state index contributed by atoms with van der Waals surface area (Å²) in [4.78, 5) is 13.6. The highest BCUT2D eigenvalue weighted by atomic mass is 32.2. The highest BCUT2D eigenvalue weighted by Gasteiger charge is 2.48. The average Bonchev–Trinajstić information content (AvgIpc) is 3.35. The van der Waals surface area contributed by atoms with E-state index in [0.717, 1.165) is 16.4 Å². The Labute approximate surface area is 236 Å². The first kappa shape index (κ1) is 31.0. The number of amides is 1. The number of alkyl halides is 3. The molecule has 2 heterocycles. The molecule has 1 spiro atoms. The number of hydrogen-bond acceptors (Lipinski definition) is 7. The van der Waals surface area contributed by atoms with Gasteiger partial charge in [0.05, 0.1) is 43.5 Å². The molecule has 9 nitrogen and oxygen atoms in total. The van der Waals surface area contributed by atoms with Crippen LogP contribution in [0.2, 0.25) is 0 Å². The van der Waals surface area contributed by atoms with Crippen LogP contribution >= 0.6 is 0 Å². The van der Waals surface area contributed by atoms with Crippen LogP contribution in [0.5, 0.6) is 5.75 Å². The summed E-state index contributed by atoms with van der Waals surface area (Å²) in [5, 5.41) is 0. The first-order valence-electron chi connectivity index (χ1n) is 12.9. The number of likely N-dealkylation sites (N-methyl/N-ethyl adjacent to an activating group) is 1. The van der Waals surface area contributed by atoms with Gasteiger partial charge in [-0.2, -0.15) is 17.5 Å². The lowest BCUT2D eigenvalue weighted by Crippen LogP contribution is -2.49. The van der Waals surface area contributed by atoms with E-state index in [9.17, 15) is 30.8 Å². The smallest absolute Gasteiger partial charge is 0.427 e. The molecule has 4 rings (SSSR count). The Balaban J connectivity index is 1.29. The molecule has 0 radical (unpaired) electrons. The van der Waals surface area contributed by atoms with Gasteiger partial charge in [0.15, 0.2) is 0 Å². The number of methoxy groups -OCH3 is 1. The molecule has 2 aliphatic rings. The van der Waals surface area contributed by atoms with E-state index in [1.54, 1.807) is 24.3 Å². The van der Waals surface area contributed by atoms with Crippen LogP contribution in [-0.2, 0) is 30.8 Å². The van der Waals surface area contributed by atoms with E-state index in [-0.39, 0.29) is 44.0 Å². The second-order valence-electron chi connectivity index (χ2n) is 10.1. The van der Waals surface area contributed by atoms with E-state index in [0.29, 0.717) is 17.7 Å². The van der Waals surface area contributed by atoms with Crippen molar-refractivity contribution < 1.29 is 49.7 Å². The van der Waals surface area contributed by atoms with Gasteiger partial charge >= 0.3 is 12.3 Å². The van der Waals surface area contributed by atoms with Crippen molar-refractivity contribution in [3.05, 3.63) is 59.9 Å². The molecule has 2 aliphatic heterocycles. The van der Waals surface area contributed by atoms with Crippen LogP contribution in [0.1, 0.15) is 24.8 Å². The summed E-state index contributed by atoms with van der Waals surface area (Å²) >= 11 is 0. The molecule has 0 saturated carbocycles. The van der Waals surface area contributed by atoms with E-state index >= 15 is 0 Å². The third-order valence-electron chi connectivity index (χ3n) is 7.41. The lowest BCUT2D eigenvalue weighted by molar-refractivity contribution is -0.220. The number of hydrogen-bond donors (Lipinski definition) is 0. The number of rotatable bonds is 9. The van der Waals surface area contributed by atoms with E-state index < -0.39 is 52.5 Å². The van der Waals surface area contributed by atoms with Crippen LogP contribution in [0.15, 0.2) is 53.4 Å². The third-order valence-corrected chi connectivity index (χ3v) is 9.32. The van der Waals surface area contributed by atoms with Crippen molar-refractivity contribution in [1.82, 2.24) is 9.21 Å². The van der Waals surface area contributed by atoms with Crippen molar-refractivity contribution in [2.75, 3.05) is 40.5 Å². The predicted octanol–water partition coefficient (Wildman–Crippen LogP) is 4.36. The second-order valence-corrected chi connectivity index (χ2v) is 12.1. The van der Waals surface area contributed by atoms with Gasteiger partial charge in [-0.3, -0.25) is 0 Å². The van der Waals surface area contributed by atoms with Crippen molar-refractivity contribution in [3.63, 3.8) is 0 Å². The minimum absolute atomic E-state index is 0.0726. The Hall–Kier alpha value is -2.94. The number of piperidine rings is 1. The maximum Gasteiger partial charge on any atom is 0.427 e. The maximum absolute atomic E-state index is 13.6. The molecular formula is C27H32F4N2O7S.